The Morgan fingerprint density at radius 2 is 1.83 bits per heavy atom. The van der Waals surface area contributed by atoms with E-state index in [1.807, 2.05) is 12.1 Å². The number of amides is 1. The van der Waals surface area contributed by atoms with Crippen molar-refractivity contribution in [2.75, 3.05) is 13.2 Å². The Morgan fingerprint density at radius 1 is 1.08 bits per heavy atom. The zero-order chi connectivity index (χ0) is 24.8. The molecule has 6 rings (SSSR count). The smallest absolute Gasteiger partial charge is 0.404 e. The molecule has 1 amide bonds. The van der Waals surface area contributed by atoms with Crippen LogP contribution in [-0.2, 0) is 9.47 Å². The molecule has 3 aliphatic rings. The molecule has 1 saturated carbocycles. The molecule has 0 radical (unpaired) electrons. The Hall–Kier alpha value is -2.92. The first-order chi connectivity index (χ1) is 17.4. The van der Waals surface area contributed by atoms with E-state index in [1.54, 1.807) is 6.07 Å². The molecule has 0 spiro atoms. The van der Waals surface area contributed by atoms with Crippen LogP contribution in [0.3, 0.4) is 0 Å². The van der Waals surface area contributed by atoms with Crippen LogP contribution in [0, 0.1) is 0 Å². The van der Waals surface area contributed by atoms with Crippen LogP contribution < -0.4 is 10.1 Å². The topological polar surface area (TPSA) is 139 Å². The van der Waals surface area contributed by atoms with Crippen molar-refractivity contribution in [3.8, 4) is 17.3 Å². The molecule has 2 aromatic heterocycles. The maximum Gasteiger partial charge on any atom is 0.404 e. The summed E-state index contributed by atoms with van der Waals surface area (Å²) >= 11 is 6.57. The number of ether oxygens (including phenoxy) is 3. The number of carboxylic acid groups (broad SMARTS) is 1. The van der Waals surface area contributed by atoms with Gasteiger partial charge in [0.2, 0.25) is 0 Å². The van der Waals surface area contributed by atoms with Crippen LogP contribution >= 0.6 is 11.6 Å². The summed E-state index contributed by atoms with van der Waals surface area (Å²) in [6.45, 7) is 0.546. The third-order valence-corrected chi connectivity index (χ3v) is 7.65. The number of carbonyl (C=O) groups is 1. The molecule has 2 aliphatic heterocycles. The van der Waals surface area contributed by atoms with Crippen molar-refractivity contribution >= 4 is 28.9 Å². The number of aliphatic hydroxyl groups is 1. The van der Waals surface area contributed by atoms with Gasteiger partial charge in [-0.1, -0.05) is 35.9 Å². The number of benzene rings is 1. The minimum atomic E-state index is -0.955. The summed E-state index contributed by atoms with van der Waals surface area (Å²) in [6.07, 6.45) is 0.905. The van der Waals surface area contributed by atoms with Gasteiger partial charge in [0.25, 0.3) is 6.01 Å². The predicted molar refractivity (Wildman–Crippen MR) is 130 cm³/mol. The monoisotopic (exact) mass is 514 g/mol. The van der Waals surface area contributed by atoms with Crippen molar-refractivity contribution in [1.82, 2.24) is 20.3 Å². The van der Waals surface area contributed by atoms with E-state index in [0.29, 0.717) is 40.4 Å². The van der Waals surface area contributed by atoms with E-state index >= 15 is 0 Å². The highest BCUT2D eigenvalue weighted by Crippen LogP contribution is 2.36. The van der Waals surface area contributed by atoms with E-state index in [4.69, 9.17) is 35.9 Å². The molecule has 0 bridgehead atoms. The van der Waals surface area contributed by atoms with Crippen LogP contribution in [0.25, 0.3) is 22.4 Å². The van der Waals surface area contributed by atoms with Gasteiger partial charge in [-0.2, -0.15) is 4.98 Å². The zero-order valence-electron chi connectivity index (χ0n) is 19.4. The van der Waals surface area contributed by atoms with Crippen molar-refractivity contribution < 1.29 is 29.2 Å². The molecule has 3 fully saturated rings. The van der Waals surface area contributed by atoms with Crippen molar-refractivity contribution in [1.29, 1.82) is 0 Å². The van der Waals surface area contributed by atoms with E-state index in [9.17, 15) is 9.90 Å². The highest BCUT2D eigenvalue weighted by molar-refractivity contribution is 6.33. The van der Waals surface area contributed by atoms with Gasteiger partial charge in [-0.15, -0.1) is 0 Å². The Balaban J connectivity index is 1.16. The number of aromatic amines is 1. The fraction of sp³-hybridized carbons (Fsp3) is 0.480. The first kappa shape index (κ1) is 23.5. The number of hydrogen-bond donors (Lipinski definition) is 4. The fourth-order valence-electron chi connectivity index (χ4n) is 5.50. The number of hydrogen-bond acceptors (Lipinski definition) is 7. The lowest BCUT2D eigenvalue weighted by Gasteiger charge is -2.28. The third-order valence-electron chi connectivity index (χ3n) is 7.36. The van der Waals surface area contributed by atoms with Gasteiger partial charge in [0.05, 0.1) is 23.9 Å². The van der Waals surface area contributed by atoms with E-state index in [1.165, 1.54) is 5.56 Å². The lowest BCUT2D eigenvalue weighted by Crippen LogP contribution is -2.36. The summed E-state index contributed by atoms with van der Waals surface area (Å²) in [5.74, 6) is 0.410. The third kappa shape index (κ3) is 4.50. The molecular formula is C25H27ClN4O6. The standard InChI is InChI=1S/C25H27ClN4O6/c26-16-9-17-23(30-24(28-17)36-19-11-35-21-18(31)10-34-22(19)21)29-20(16)14-3-1-12(2-4-14)13-5-7-15(8-6-13)27-25(32)33/h1-4,9,13,15,18-19,21-22,27,31H,5-8,10-11H2,(H,32,33)(H,28,29,30)/t13-,15+,18-,19-,21-,22-/m1/s1. The van der Waals surface area contributed by atoms with Crippen molar-refractivity contribution in [2.45, 2.75) is 62.1 Å². The second-order valence-corrected chi connectivity index (χ2v) is 10.1. The van der Waals surface area contributed by atoms with Crippen molar-refractivity contribution in [2.24, 2.45) is 0 Å². The van der Waals surface area contributed by atoms with Gasteiger partial charge in [-0.25, -0.2) is 9.78 Å². The van der Waals surface area contributed by atoms with Gasteiger partial charge in [0.1, 0.15) is 23.8 Å². The number of nitrogens with zero attached hydrogens (tertiary/aromatic N) is 2. The molecule has 11 heteroatoms. The number of halogens is 1. The molecule has 10 nitrogen and oxygen atoms in total. The van der Waals surface area contributed by atoms with Crippen LogP contribution in [0.5, 0.6) is 6.01 Å². The molecule has 4 atom stereocenters. The summed E-state index contributed by atoms with van der Waals surface area (Å²) in [5, 5.41) is 21.9. The number of rotatable bonds is 5. The molecule has 4 heterocycles. The highest BCUT2D eigenvalue weighted by Gasteiger charge is 2.48. The minimum absolute atomic E-state index is 0.0379. The van der Waals surface area contributed by atoms with E-state index in [-0.39, 0.29) is 31.0 Å². The second-order valence-electron chi connectivity index (χ2n) is 9.67. The normalized spacial score (nSPS) is 29.8. The molecule has 1 aliphatic carbocycles. The summed E-state index contributed by atoms with van der Waals surface area (Å²) in [7, 11) is 0. The molecule has 3 aromatic rings. The first-order valence-electron chi connectivity index (χ1n) is 12.2. The average molecular weight is 515 g/mol. The number of imidazole rings is 1. The Labute approximate surface area is 211 Å². The number of aromatic nitrogens is 3. The first-order valence-corrected chi connectivity index (χ1v) is 12.6. The van der Waals surface area contributed by atoms with E-state index in [2.05, 4.69) is 27.4 Å². The van der Waals surface area contributed by atoms with Gasteiger partial charge in [-0.3, -0.25) is 4.98 Å². The maximum absolute atomic E-state index is 10.9. The largest absolute Gasteiger partial charge is 0.465 e. The van der Waals surface area contributed by atoms with Gasteiger partial charge in [0.15, 0.2) is 11.8 Å². The lowest BCUT2D eigenvalue weighted by molar-refractivity contribution is 0.00706. The van der Waals surface area contributed by atoms with Crippen LogP contribution in [0.4, 0.5) is 4.79 Å². The van der Waals surface area contributed by atoms with Gasteiger partial charge in [-0.05, 0) is 43.2 Å². The number of H-pyrrole nitrogens is 1. The van der Waals surface area contributed by atoms with Crippen LogP contribution in [-0.4, -0.2) is 74.9 Å². The summed E-state index contributed by atoms with van der Waals surface area (Å²) in [6, 6.07) is 10.3. The molecule has 190 valence electrons. The van der Waals surface area contributed by atoms with E-state index in [0.717, 1.165) is 31.2 Å². The molecule has 4 N–H and O–H groups in total. The summed E-state index contributed by atoms with van der Waals surface area (Å²) in [5.41, 5.74) is 3.92. The molecule has 0 unspecified atom stereocenters. The predicted octanol–water partition coefficient (Wildman–Crippen LogP) is 3.48. The van der Waals surface area contributed by atoms with Gasteiger partial charge >= 0.3 is 6.09 Å². The highest BCUT2D eigenvalue weighted by atomic mass is 35.5. The molecule has 1 aromatic carbocycles. The zero-order valence-corrected chi connectivity index (χ0v) is 20.1. The summed E-state index contributed by atoms with van der Waals surface area (Å²) in [4.78, 5) is 23.1. The molecule has 36 heavy (non-hydrogen) atoms. The number of aliphatic hydroxyl groups excluding tert-OH is 1. The molecule has 2 saturated heterocycles. The maximum atomic E-state index is 10.9. The molecular weight excluding hydrogens is 488 g/mol. The van der Waals surface area contributed by atoms with Crippen molar-refractivity contribution in [3.63, 3.8) is 0 Å². The number of fused-ring (bicyclic) bond motifs is 2. The van der Waals surface area contributed by atoms with Gasteiger partial charge < -0.3 is 29.7 Å². The van der Waals surface area contributed by atoms with Crippen LogP contribution in [0.15, 0.2) is 30.3 Å². The minimum Gasteiger partial charge on any atom is -0.465 e. The van der Waals surface area contributed by atoms with Crippen LogP contribution in [0.2, 0.25) is 5.02 Å². The van der Waals surface area contributed by atoms with Gasteiger partial charge in [0, 0.05) is 11.6 Å². The Morgan fingerprint density at radius 3 is 2.58 bits per heavy atom. The fourth-order valence-corrected chi connectivity index (χ4v) is 5.76. The SMILES string of the molecule is O=C(O)N[C@H]1CC[C@@H](c2ccc(-c3nc4[nH]c(O[C@@H]5CO[C@H]6[C@@H]5OC[C@H]6O)nc4cc3Cl)cc2)CC1. The second kappa shape index (κ2) is 9.51. The van der Waals surface area contributed by atoms with Crippen LogP contribution in [0.1, 0.15) is 37.2 Å². The number of pyridine rings is 1. The number of nitrogens with one attached hydrogen (secondary N) is 2. The quantitative estimate of drug-likeness (QED) is 0.406. The van der Waals surface area contributed by atoms with E-state index < -0.39 is 12.2 Å². The van der Waals surface area contributed by atoms with Crippen molar-refractivity contribution in [3.05, 3.63) is 40.9 Å². The Kier molecular flexibility index (Phi) is 6.20. The average Bonchev–Trinajstić information content (AvgIpc) is 3.55. The summed E-state index contributed by atoms with van der Waals surface area (Å²) < 4.78 is 17.2. The lowest BCUT2D eigenvalue weighted by atomic mass is 9.81. The Bertz CT molecular complexity index is 1260.